The third-order valence-corrected chi connectivity index (χ3v) is 4.31. The summed E-state index contributed by atoms with van der Waals surface area (Å²) in [6.07, 6.45) is 0. The van der Waals surface area contributed by atoms with Crippen molar-refractivity contribution in [2.24, 2.45) is 0 Å². The molecule has 0 bridgehead atoms. The number of rotatable bonds is 8. The van der Waals surface area contributed by atoms with Gasteiger partial charge in [-0.3, -0.25) is 0 Å². The first-order valence-corrected chi connectivity index (χ1v) is 9.29. The predicted octanol–water partition coefficient (Wildman–Crippen LogP) is 4.42. The molecule has 0 saturated heterocycles. The molecule has 30 heavy (non-hydrogen) atoms. The van der Waals surface area contributed by atoms with Crippen LogP contribution in [0.1, 0.15) is 31.8 Å². The Kier molecular flexibility index (Phi) is 7.05. The largest absolute Gasteiger partial charge is 0.489 e. The highest BCUT2D eigenvalue weighted by atomic mass is 16.5. The first kappa shape index (κ1) is 20.9. The van der Waals surface area contributed by atoms with Gasteiger partial charge in [0.1, 0.15) is 24.7 Å². The summed E-state index contributed by atoms with van der Waals surface area (Å²) in [7, 11) is 2.68. The maximum Gasteiger partial charge on any atom is 0.337 e. The van der Waals surface area contributed by atoms with Gasteiger partial charge in [0.05, 0.1) is 25.3 Å². The smallest absolute Gasteiger partial charge is 0.337 e. The first-order chi connectivity index (χ1) is 14.6. The van der Waals surface area contributed by atoms with Gasteiger partial charge in [0.15, 0.2) is 0 Å². The van der Waals surface area contributed by atoms with E-state index in [1.807, 2.05) is 24.3 Å². The van der Waals surface area contributed by atoms with Crippen molar-refractivity contribution in [3.05, 3.63) is 95.1 Å². The van der Waals surface area contributed by atoms with Gasteiger partial charge in [-0.05, 0) is 53.6 Å². The van der Waals surface area contributed by atoms with E-state index >= 15 is 0 Å². The highest BCUT2D eigenvalue weighted by molar-refractivity contribution is 5.90. The quantitative estimate of drug-likeness (QED) is 0.516. The van der Waals surface area contributed by atoms with Gasteiger partial charge in [0.25, 0.3) is 0 Å². The lowest BCUT2D eigenvalue weighted by atomic mass is 10.1. The van der Waals surface area contributed by atoms with Crippen LogP contribution in [0.5, 0.6) is 11.5 Å². The molecule has 0 fully saturated rings. The number of ether oxygens (including phenoxy) is 4. The van der Waals surface area contributed by atoms with Crippen LogP contribution in [0.4, 0.5) is 0 Å². The molecular weight excluding hydrogens is 384 g/mol. The zero-order valence-corrected chi connectivity index (χ0v) is 16.8. The van der Waals surface area contributed by atoms with Crippen LogP contribution in [0.3, 0.4) is 0 Å². The van der Waals surface area contributed by atoms with Crippen molar-refractivity contribution in [1.82, 2.24) is 0 Å². The monoisotopic (exact) mass is 406 g/mol. The number of benzene rings is 3. The molecule has 154 valence electrons. The molecule has 0 amide bonds. The molecule has 0 aliphatic carbocycles. The topological polar surface area (TPSA) is 71.1 Å². The molecule has 0 N–H and O–H groups in total. The van der Waals surface area contributed by atoms with Crippen molar-refractivity contribution in [3.8, 4) is 11.5 Å². The molecule has 0 aliphatic heterocycles. The Bertz CT molecular complexity index is 949. The minimum absolute atomic E-state index is 0.344. The fourth-order valence-electron chi connectivity index (χ4n) is 2.80. The van der Waals surface area contributed by atoms with E-state index in [9.17, 15) is 9.59 Å². The number of methoxy groups -OCH3 is 2. The first-order valence-electron chi connectivity index (χ1n) is 9.29. The van der Waals surface area contributed by atoms with E-state index < -0.39 is 11.9 Å². The van der Waals surface area contributed by atoms with Crippen molar-refractivity contribution >= 4 is 11.9 Å². The van der Waals surface area contributed by atoms with Gasteiger partial charge in [-0.15, -0.1) is 0 Å². The molecule has 0 heterocycles. The van der Waals surface area contributed by atoms with Crippen molar-refractivity contribution in [1.29, 1.82) is 0 Å². The average Bonchev–Trinajstić information content (AvgIpc) is 2.81. The molecular formula is C24H22O6. The molecule has 0 radical (unpaired) electrons. The van der Waals surface area contributed by atoms with E-state index in [0.717, 1.165) is 11.1 Å². The van der Waals surface area contributed by atoms with Crippen molar-refractivity contribution in [2.45, 2.75) is 13.2 Å². The third-order valence-electron chi connectivity index (χ3n) is 4.31. The lowest BCUT2D eigenvalue weighted by molar-refractivity contribution is 0.0591. The summed E-state index contributed by atoms with van der Waals surface area (Å²) in [5.41, 5.74) is 2.79. The van der Waals surface area contributed by atoms with Crippen LogP contribution in [0, 0.1) is 0 Å². The molecule has 0 saturated carbocycles. The minimum Gasteiger partial charge on any atom is -0.489 e. The van der Waals surface area contributed by atoms with E-state index in [1.165, 1.54) is 14.2 Å². The molecule has 3 rings (SSSR count). The van der Waals surface area contributed by atoms with Gasteiger partial charge in [0.2, 0.25) is 0 Å². The molecule has 6 heteroatoms. The van der Waals surface area contributed by atoms with Gasteiger partial charge in [-0.1, -0.05) is 30.3 Å². The summed E-state index contributed by atoms with van der Waals surface area (Å²) in [6, 6.07) is 21.5. The molecule has 3 aromatic rings. The summed E-state index contributed by atoms with van der Waals surface area (Å²) >= 11 is 0. The second kappa shape index (κ2) is 10.1. The molecule has 0 aliphatic rings. The van der Waals surface area contributed by atoms with Gasteiger partial charge in [-0.2, -0.15) is 0 Å². The number of hydrogen-bond donors (Lipinski definition) is 0. The highest BCUT2D eigenvalue weighted by Gasteiger charge is 2.08. The van der Waals surface area contributed by atoms with Crippen LogP contribution in [-0.2, 0) is 22.7 Å². The van der Waals surface area contributed by atoms with Gasteiger partial charge >= 0.3 is 11.9 Å². The van der Waals surface area contributed by atoms with Crippen LogP contribution in [0.15, 0.2) is 72.8 Å². The molecule has 0 spiro atoms. The van der Waals surface area contributed by atoms with Crippen molar-refractivity contribution in [3.63, 3.8) is 0 Å². The molecule has 6 nitrogen and oxygen atoms in total. The van der Waals surface area contributed by atoms with E-state index in [0.29, 0.717) is 35.8 Å². The third kappa shape index (κ3) is 5.61. The fraction of sp³-hybridized carbons (Fsp3) is 0.167. The maximum absolute atomic E-state index is 11.6. The van der Waals surface area contributed by atoms with Crippen LogP contribution >= 0.6 is 0 Å². The summed E-state index contributed by atoms with van der Waals surface area (Å²) in [4.78, 5) is 23.3. The van der Waals surface area contributed by atoms with Crippen molar-refractivity contribution in [2.75, 3.05) is 14.2 Å². The number of carbonyl (C=O) groups excluding carboxylic acids is 2. The van der Waals surface area contributed by atoms with Crippen LogP contribution in [0.25, 0.3) is 0 Å². The summed E-state index contributed by atoms with van der Waals surface area (Å²) in [6.45, 7) is 0.687. The highest BCUT2D eigenvalue weighted by Crippen LogP contribution is 2.18. The van der Waals surface area contributed by atoms with E-state index in [-0.39, 0.29) is 0 Å². The molecule has 0 aromatic heterocycles. The van der Waals surface area contributed by atoms with E-state index in [4.69, 9.17) is 18.9 Å². The summed E-state index contributed by atoms with van der Waals surface area (Å²) < 4.78 is 21.1. The Morgan fingerprint density at radius 2 is 1.07 bits per heavy atom. The second-order valence-corrected chi connectivity index (χ2v) is 6.44. The Morgan fingerprint density at radius 1 is 0.633 bits per heavy atom. The Morgan fingerprint density at radius 3 is 1.50 bits per heavy atom. The SMILES string of the molecule is COC(=O)c1cccc(OCc2cccc(COc3cccc(C(=O)OC)c3)c2)c1. The maximum atomic E-state index is 11.6. The summed E-state index contributed by atoms with van der Waals surface area (Å²) in [5, 5.41) is 0. The van der Waals surface area contributed by atoms with Gasteiger partial charge in [-0.25, -0.2) is 9.59 Å². The van der Waals surface area contributed by atoms with Crippen LogP contribution in [0.2, 0.25) is 0 Å². The standard InChI is InChI=1S/C24H22O6/c1-27-23(25)19-8-4-10-21(13-19)29-15-17-6-3-7-18(12-17)16-30-22-11-5-9-20(14-22)24(26)28-2/h3-14H,15-16H2,1-2H3. The fourth-order valence-corrected chi connectivity index (χ4v) is 2.80. The molecule has 3 aromatic carbocycles. The lowest BCUT2D eigenvalue weighted by Gasteiger charge is -2.10. The average molecular weight is 406 g/mol. The second-order valence-electron chi connectivity index (χ2n) is 6.44. The zero-order chi connectivity index (χ0) is 21.3. The number of esters is 2. The molecule has 0 atom stereocenters. The normalized spacial score (nSPS) is 10.2. The van der Waals surface area contributed by atoms with Crippen molar-refractivity contribution < 1.29 is 28.5 Å². The van der Waals surface area contributed by atoms with Crippen LogP contribution in [-0.4, -0.2) is 26.2 Å². The van der Waals surface area contributed by atoms with Gasteiger partial charge < -0.3 is 18.9 Å². The van der Waals surface area contributed by atoms with E-state index in [2.05, 4.69) is 0 Å². The Labute approximate surface area is 175 Å². The predicted molar refractivity (Wildman–Crippen MR) is 111 cm³/mol. The number of carbonyl (C=O) groups is 2. The van der Waals surface area contributed by atoms with E-state index in [1.54, 1.807) is 48.5 Å². The zero-order valence-electron chi connectivity index (χ0n) is 16.8. The molecule has 0 unspecified atom stereocenters. The van der Waals surface area contributed by atoms with Gasteiger partial charge in [0, 0.05) is 0 Å². The van der Waals surface area contributed by atoms with Crippen LogP contribution < -0.4 is 9.47 Å². The number of hydrogen-bond acceptors (Lipinski definition) is 6. The summed E-state index contributed by atoms with van der Waals surface area (Å²) in [5.74, 6) is 0.352. The minimum atomic E-state index is -0.407. The lowest BCUT2D eigenvalue weighted by Crippen LogP contribution is -2.03. The Hall–Kier alpha value is -3.80. The Balaban J connectivity index is 1.60.